The first-order valence-electron chi connectivity index (χ1n) is 13.0. The summed E-state index contributed by atoms with van der Waals surface area (Å²) in [6.07, 6.45) is 1.92. The summed E-state index contributed by atoms with van der Waals surface area (Å²) in [7, 11) is 0. The van der Waals surface area contributed by atoms with Crippen LogP contribution in [-0.4, -0.2) is 71.8 Å². The molecule has 3 heterocycles. The Morgan fingerprint density at radius 3 is 2.37 bits per heavy atom. The number of thioether (sulfide) groups is 1. The standard InChI is InChI=1S/C28H32Cl2N6OS/c29-22-7-4-8-24(17-22)35-13-15-36(16-14-35)26-18-25(30)32-28(33-26)38-20-27(37)31-23-9-11-34(12-10-23)19-21-5-2-1-3-6-21/h1-8,17-18,23H,9-16,19-20H2,(H,31,37). The molecule has 1 aromatic heterocycles. The average Bonchev–Trinajstić information content (AvgIpc) is 2.93. The van der Waals surface area contributed by atoms with Crippen molar-refractivity contribution >= 4 is 52.4 Å². The molecule has 3 aromatic rings. The van der Waals surface area contributed by atoms with Gasteiger partial charge in [0.15, 0.2) is 5.16 Å². The van der Waals surface area contributed by atoms with Gasteiger partial charge in [0.05, 0.1) is 5.75 Å². The van der Waals surface area contributed by atoms with E-state index in [1.54, 1.807) is 6.07 Å². The molecule has 200 valence electrons. The Morgan fingerprint density at radius 1 is 0.895 bits per heavy atom. The number of rotatable bonds is 8. The molecule has 2 aliphatic heterocycles. The Kier molecular flexibility index (Phi) is 9.27. The molecular weight excluding hydrogens is 539 g/mol. The highest BCUT2D eigenvalue weighted by Crippen LogP contribution is 2.25. The molecule has 10 heteroatoms. The summed E-state index contributed by atoms with van der Waals surface area (Å²) in [5, 5.41) is 4.85. The fourth-order valence-electron chi connectivity index (χ4n) is 4.96. The predicted molar refractivity (Wildman–Crippen MR) is 157 cm³/mol. The molecule has 2 aromatic carbocycles. The highest BCUT2D eigenvalue weighted by Gasteiger charge is 2.22. The first kappa shape index (κ1) is 27.1. The predicted octanol–water partition coefficient (Wildman–Crippen LogP) is 4.98. The number of halogens is 2. The van der Waals surface area contributed by atoms with Crippen molar-refractivity contribution in [1.82, 2.24) is 20.2 Å². The number of carbonyl (C=O) groups excluding carboxylic acids is 1. The maximum absolute atomic E-state index is 12.7. The lowest BCUT2D eigenvalue weighted by Crippen LogP contribution is -2.46. The van der Waals surface area contributed by atoms with Gasteiger partial charge in [-0.1, -0.05) is 71.4 Å². The zero-order chi connectivity index (χ0) is 26.3. The Bertz CT molecular complexity index is 1220. The summed E-state index contributed by atoms with van der Waals surface area (Å²) in [4.78, 5) is 28.7. The van der Waals surface area contributed by atoms with E-state index in [2.05, 4.69) is 55.3 Å². The molecule has 0 atom stereocenters. The highest BCUT2D eigenvalue weighted by atomic mass is 35.5. The average molecular weight is 572 g/mol. The minimum absolute atomic E-state index is 0.0109. The van der Waals surface area contributed by atoms with Gasteiger partial charge in [-0.3, -0.25) is 9.69 Å². The van der Waals surface area contributed by atoms with E-state index in [1.807, 2.05) is 24.3 Å². The number of piperazine rings is 1. The third-order valence-corrected chi connectivity index (χ3v) is 8.25. The molecule has 0 radical (unpaired) electrons. The van der Waals surface area contributed by atoms with Gasteiger partial charge in [0.1, 0.15) is 11.0 Å². The topological polar surface area (TPSA) is 64.6 Å². The summed E-state index contributed by atoms with van der Waals surface area (Å²) in [5.74, 6) is 1.08. The first-order valence-corrected chi connectivity index (χ1v) is 14.7. The summed E-state index contributed by atoms with van der Waals surface area (Å²) >= 11 is 13.8. The van der Waals surface area contributed by atoms with Crippen molar-refractivity contribution in [3.05, 3.63) is 76.4 Å². The van der Waals surface area contributed by atoms with Gasteiger partial charge >= 0.3 is 0 Å². The van der Waals surface area contributed by atoms with Crippen LogP contribution >= 0.6 is 35.0 Å². The zero-order valence-corrected chi connectivity index (χ0v) is 23.6. The molecule has 0 spiro atoms. The van der Waals surface area contributed by atoms with Crippen LogP contribution in [0, 0.1) is 0 Å². The molecule has 2 fully saturated rings. The lowest BCUT2D eigenvalue weighted by molar-refractivity contribution is -0.119. The highest BCUT2D eigenvalue weighted by molar-refractivity contribution is 7.99. The second-order valence-electron chi connectivity index (χ2n) is 9.68. The van der Waals surface area contributed by atoms with E-state index in [9.17, 15) is 4.79 Å². The van der Waals surface area contributed by atoms with Gasteiger partial charge in [-0.25, -0.2) is 9.97 Å². The number of nitrogens with one attached hydrogen (secondary N) is 1. The van der Waals surface area contributed by atoms with Crippen LogP contribution < -0.4 is 15.1 Å². The lowest BCUT2D eigenvalue weighted by atomic mass is 10.0. The number of hydrogen-bond donors (Lipinski definition) is 1. The van der Waals surface area contributed by atoms with Crippen LogP contribution in [-0.2, 0) is 11.3 Å². The van der Waals surface area contributed by atoms with Gasteiger partial charge in [-0.2, -0.15) is 0 Å². The molecule has 0 saturated carbocycles. The number of benzene rings is 2. The molecule has 7 nitrogen and oxygen atoms in total. The largest absolute Gasteiger partial charge is 0.368 e. The molecule has 2 saturated heterocycles. The van der Waals surface area contributed by atoms with Gasteiger partial charge in [-0.15, -0.1) is 0 Å². The fraction of sp³-hybridized carbons (Fsp3) is 0.393. The zero-order valence-electron chi connectivity index (χ0n) is 21.2. The van der Waals surface area contributed by atoms with E-state index in [0.29, 0.717) is 10.3 Å². The summed E-state index contributed by atoms with van der Waals surface area (Å²) in [6.45, 7) is 6.27. The quantitative estimate of drug-likeness (QED) is 0.232. The number of anilines is 2. The van der Waals surface area contributed by atoms with Crippen LogP contribution in [0.2, 0.25) is 10.2 Å². The fourth-order valence-corrected chi connectivity index (χ4v) is 6.03. The number of nitrogens with zero attached hydrogens (tertiary/aromatic N) is 5. The molecule has 0 aliphatic carbocycles. The van der Waals surface area contributed by atoms with Crippen molar-refractivity contribution in [2.75, 3.05) is 54.8 Å². The van der Waals surface area contributed by atoms with Crippen LogP contribution in [0.4, 0.5) is 11.5 Å². The normalized spacial score (nSPS) is 17.0. The van der Waals surface area contributed by atoms with E-state index in [1.165, 1.54) is 17.3 Å². The van der Waals surface area contributed by atoms with Crippen LogP contribution in [0.25, 0.3) is 0 Å². The third kappa shape index (κ3) is 7.53. The second kappa shape index (κ2) is 13.0. The molecule has 0 bridgehead atoms. The Balaban J connectivity index is 1.07. The minimum atomic E-state index is 0.0109. The van der Waals surface area contributed by atoms with Crippen molar-refractivity contribution < 1.29 is 4.79 Å². The molecule has 1 N–H and O–H groups in total. The van der Waals surface area contributed by atoms with Crippen LogP contribution in [0.1, 0.15) is 18.4 Å². The third-order valence-electron chi connectivity index (χ3n) is 6.97. The molecule has 0 unspecified atom stereocenters. The number of aromatic nitrogens is 2. The second-order valence-corrected chi connectivity index (χ2v) is 11.4. The number of amides is 1. The number of hydrogen-bond acceptors (Lipinski definition) is 7. The first-order chi connectivity index (χ1) is 18.5. The lowest BCUT2D eigenvalue weighted by Gasteiger charge is -2.36. The number of piperidine rings is 1. The molecular formula is C28H32Cl2N6OS. The Hall–Kier alpha value is -2.52. The SMILES string of the molecule is O=C(CSc1nc(Cl)cc(N2CCN(c3cccc(Cl)c3)CC2)n1)NC1CCN(Cc2ccccc2)CC1. The van der Waals surface area contributed by atoms with Gasteiger partial charge < -0.3 is 15.1 Å². The van der Waals surface area contributed by atoms with Gasteiger partial charge in [-0.05, 0) is 36.6 Å². The van der Waals surface area contributed by atoms with Crippen molar-refractivity contribution in [2.24, 2.45) is 0 Å². The van der Waals surface area contributed by atoms with Crippen molar-refractivity contribution in [3.63, 3.8) is 0 Å². The van der Waals surface area contributed by atoms with Crippen LogP contribution in [0.5, 0.6) is 0 Å². The van der Waals surface area contributed by atoms with Gasteiger partial charge in [0.2, 0.25) is 5.91 Å². The number of carbonyl (C=O) groups is 1. The smallest absolute Gasteiger partial charge is 0.230 e. The molecule has 2 aliphatic rings. The molecule has 1 amide bonds. The van der Waals surface area contributed by atoms with E-state index in [4.69, 9.17) is 28.2 Å². The van der Waals surface area contributed by atoms with Gasteiger partial charge in [0, 0.05) is 68.6 Å². The van der Waals surface area contributed by atoms with Crippen molar-refractivity contribution in [3.8, 4) is 0 Å². The molecule has 5 rings (SSSR count). The Labute approximate surface area is 238 Å². The minimum Gasteiger partial charge on any atom is -0.368 e. The van der Waals surface area contributed by atoms with Crippen LogP contribution in [0.15, 0.2) is 65.8 Å². The van der Waals surface area contributed by atoms with E-state index >= 15 is 0 Å². The van der Waals surface area contributed by atoms with E-state index < -0.39 is 0 Å². The maximum Gasteiger partial charge on any atom is 0.230 e. The van der Waals surface area contributed by atoms with Crippen molar-refractivity contribution in [1.29, 1.82) is 0 Å². The summed E-state index contributed by atoms with van der Waals surface area (Å²) < 4.78 is 0. The van der Waals surface area contributed by atoms with Crippen molar-refractivity contribution in [2.45, 2.75) is 30.6 Å². The van der Waals surface area contributed by atoms with E-state index in [0.717, 1.165) is 75.2 Å². The summed E-state index contributed by atoms with van der Waals surface area (Å²) in [5.41, 5.74) is 2.46. The van der Waals surface area contributed by atoms with Crippen LogP contribution in [0.3, 0.4) is 0 Å². The maximum atomic E-state index is 12.7. The molecule has 38 heavy (non-hydrogen) atoms. The van der Waals surface area contributed by atoms with Gasteiger partial charge in [0.25, 0.3) is 0 Å². The Morgan fingerprint density at radius 2 is 1.63 bits per heavy atom. The number of likely N-dealkylation sites (tertiary alicyclic amines) is 1. The van der Waals surface area contributed by atoms with E-state index in [-0.39, 0.29) is 17.7 Å². The summed E-state index contributed by atoms with van der Waals surface area (Å²) in [6, 6.07) is 20.5. The monoisotopic (exact) mass is 570 g/mol.